The highest BCUT2D eigenvalue weighted by molar-refractivity contribution is 5.88. The topological polar surface area (TPSA) is 67.2 Å². The van der Waals surface area contributed by atoms with Gasteiger partial charge in [-0.3, -0.25) is 9.59 Å². The van der Waals surface area contributed by atoms with Crippen molar-refractivity contribution in [2.45, 2.75) is 45.2 Å². The van der Waals surface area contributed by atoms with Crippen molar-refractivity contribution in [2.75, 3.05) is 6.54 Å². The number of amides is 2. The Morgan fingerprint density at radius 1 is 1.36 bits per heavy atom. The van der Waals surface area contributed by atoms with Gasteiger partial charge in [-0.15, -0.1) is 0 Å². The molecular weight excluding hydrogens is 316 g/mol. The number of benzene rings is 1. The van der Waals surface area contributed by atoms with Gasteiger partial charge in [-0.1, -0.05) is 19.1 Å². The number of carbonyl (C=O) groups excluding carboxylic acids is 2. The molecule has 1 saturated heterocycles. The number of hydrogen-bond donors (Lipinski definition) is 1. The summed E-state index contributed by atoms with van der Waals surface area (Å²) in [4.78, 5) is 26.3. The van der Waals surface area contributed by atoms with Gasteiger partial charge in [0, 0.05) is 25.4 Å². The average Bonchev–Trinajstić information content (AvgIpc) is 3.28. The molecule has 2 atom stereocenters. The van der Waals surface area contributed by atoms with Crippen molar-refractivity contribution >= 4 is 11.8 Å². The Kier molecular flexibility index (Phi) is 5.16. The van der Waals surface area contributed by atoms with E-state index in [0.29, 0.717) is 19.4 Å². The predicted octanol–water partition coefficient (Wildman–Crippen LogP) is 2.45. The molecular formula is C19H24N4O2. The number of rotatable bonds is 6. The van der Waals surface area contributed by atoms with Crippen LogP contribution in [0.25, 0.3) is 5.69 Å². The summed E-state index contributed by atoms with van der Waals surface area (Å²) in [5, 5.41) is 7.29. The van der Waals surface area contributed by atoms with Gasteiger partial charge in [-0.25, -0.2) is 4.68 Å². The van der Waals surface area contributed by atoms with Gasteiger partial charge in [-0.2, -0.15) is 5.10 Å². The minimum atomic E-state index is -0.383. The molecule has 0 aliphatic carbocycles. The third-order valence-electron chi connectivity index (χ3n) is 4.67. The molecule has 6 nitrogen and oxygen atoms in total. The first-order chi connectivity index (χ1) is 12.1. The molecule has 1 aromatic carbocycles. The zero-order valence-corrected chi connectivity index (χ0v) is 14.7. The number of aromatic nitrogens is 2. The first-order valence-corrected chi connectivity index (χ1v) is 8.80. The largest absolute Gasteiger partial charge is 0.348 e. The van der Waals surface area contributed by atoms with Crippen LogP contribution < -0.4 is 5.32 Å². The Labute approximate surface area is 147 Å². The fourth-order valence-corrected chi connectivity index (χ4v) is 3.30. The molecule has 25 heavy (non-hydrogen) atoms. The maximum Gasteiger partial charge on any atom is 0.243 e. The lowest BCUT2D eigenvalue weighted by Gasteiger charge is -2.27. The second-order valence-electron chi connectivity index (χ2n) is 6.39. The van der Waals surface area contributed by atoms with Crippen LogP contribution >= 0.6 is 0 Å². The second kappa shape index (κ2) is 7.51. The first-order valence-electron chi connectivity index (χ1n) is 8.80. The van der Waals surface area contributed by atoms with E-state index in [9.17, 15) is 9.59 Å². The van der Waals surface area contributed by atoms with Crippen molar-refractivity contribution in [3.05, 3.63) is 48.3 Å². The second-order valence-corrected chi connectivity index (χ2v) is 6.39. The highest BCUT2D eigenvalue weighted by Gasteiger charge is 2.32. The SMILES string of the molecule is CCC(C(=O)NC(C)c1cccc(-n2cccn2)c1)N1CCCC1=O. The predicted molar refractivity (Wildman–Crippen MR) is 95.1 cm³/mol. The van der Waals surface area contributed by atoms with Gasteiger partial charge in [-0.05, 0) is 43.5 Å². The minimum absolute atomic E-state index is 0.0790. The van der Waals surface area contributed by atoms with Gasteiger partial charge in [0.2, 0.25) is 11.8 Å². The smallest absolute Gasteiger partial charge is 0.243 e. The Morgan fingerprint density at radius 3 is 2.84 bits per heavy atom. The van der Waals surface area contributed by atoms with Crippen molar-refractivity contribution in [2.24, 2.45) is 0 Å². The standard InChI is InChI=1S/C19H24N4O2/c1-3-17(22-11-5-9-18(22)24)19(25)21-14(2)15-7-4-8-16(13-15)23-12-6-10-20-23/h4,6-8,10,12-14,17H,3,5,9,11H2,1-2H3,(H,21,25). The highest BCUT2D eigenvalue weighted by Crippen LogP contribution is 2.19. The van der Waals surface area contributed by atoms with E-state index < -0.39 is 0 Å². The van der Waals surface area contributed by atoms with Gasteiger partial charge in [0.1, 0.15) is 6.04 Å². The van der Waals surface area contributed by atoms with E-state index in [1.54, 1.807) is 15.8 Å². The Bertz CT molecular complexity index is 742. The average molecular weight is 340 g/mol. The van der Waals surface area contributed by atoms with Gasteiger partial charge in [0.25, 0.3) is 0 Å². The molecule has 0 spiro atoms. The summed E-state index contributed by atoms with van der Waals surface area (Å²) in [6, 6.07) is 9.27. The molecule has 2 amide bonds. The van der Waals surface area contributed by atoms with Crippen molar-refractivity contribution in [1.29, 1.82) is 0 Å². The lowest BCUT2D eigenvalue weighted by Crippen LogP contribution is -2.47. The maximum atomic E-state index is 12.7. The maximum absolute atomic E-state index is 12.7. The van der Waals surface area contributed by atoms with E-state index in [-0.39, 0.29) is 23.9 Å². The molecule has 0 radical (unpaired) electrons. The summed E-state index contributed by atoms with van der Waals surface area (Å²) < 4.78 is 1.79. The van der Waals surface area contributed by atoms with Crippen LogP contribution in [0.3, 0.4) is 0 Å². The molecule has 1 aliphatic rings. The summed E-state index contributed by atoms with van der Waals surface area (Å²) in [5.41, 5.74) is 1.95. The number of hydrogen-bond acceptors (Lipinski definition) is 3. The highest BCUT2D eigenvalue weighted by atomic mass is 16.2. The van der Waals surface area contributed by atoms with Crippen LogP contribution in [0.1, 0.15) is 44.7 Å². The fraction of sp³-hybridized carbons (Fsp3) is 0.421. The first kappa shape index (κ1) is 17.2. The lowest BCUT2D eigenvalue weighted by molar-refractivity contribution is -0.137. The van der Waals surface area contributed by atoms with Crippen LogP contribution in [0, 0.1) is 0 Å². The Hall–Kier alpha value is -2.63. The monoisotopic (exact) mass is 340 g/mol. The van der Waals surface area contributed by atoms with Crippen molar-refractivity contribution in [3.8, 4) is 5.69 Å². The van der Waals surface area contributed by atoms with Gasteiger partial charge in [0.05, 0.1) is 11.7 Å². The molecule has 0 saturated carbocycles. The molecule has 2 unspecified atom stereocenters. The van der Waals surface area contributed by atoms with Gasteiger partial charge >= 0.3 is 0 Å². The van der Waals surface area contributed by atoms with E-state index in [2.05, 4.69) is 10.4 Å². The van der Waals surface area contributed by atoms with E-state index in [1.807, 2.05) is 50.4 Å². The molecule has 1 aliphatic heterocycles. The number of nitrogens with one attached hydrogen (secondary N) is 1. The van der Waals surface area contributed by atoms with Gasteiger partial charge < -0.3 is 10.2 Å². The third kappa shape index (κ3) is 3.73. The minimum Gasteiger partial charge on any atom is -0.348 e. The van der Waals surface area contributed by atoms with Crippen LogP contribution in [0.2, 0.25) is 0 Å². The molecule has 0 bridgehead atoms. The molecule has 3 rings (SSSR count). The zero-order valence-electron chi connectivity index (χ0n) is 14.7. The van der Waals surface area contributed by atoms with E-state index >= 15 is 0 Å². The summed E-state index contributed by atoms with van der Waals surface area (Å²) in [6.07, 6.45) is 5.62. The Morgan fingerprint density at radius 2 is 2.20 bits per heavy atom. The molecule has 6 heteroatoms. The molecule has 1 N–H and O–H groups in total. The van der Waals surface area contributed by atoms with E-state index in [4.69, 9.17) is 0 Å². The van der Waals surface area contributed by atoms with Crippen LogP contribution in [0.4, 0.5) is 0 Å². The number of nitrogens with zero attached hydrogens (tertiary/aromatic N) is 3. The quantitative estimate of drug-likeness (QED) is 0.878. The zero-order chi connectivity index (χ0) is 17.8. The normalized spacial score (nSPS) is 16.7. The molecule has 1 aromatic heterocycles. The molecule has 2 heterocycles. The molecule has 132 valence electrons. The summed E-state index contributed by atoms with van der Waals surface area (Å²) in [6.45, 7) is 4.57. The van der Waals surface area contributed by atoms with Crippen molar-refractivity contribution in [3.63, 3.8) is 0 Å². The molecule has 2 aromatic rings. The van der Waals surface area contributed by atoms with Crippen LogP contribution in [0.15, 0.2) is 42.7 Å². The van der Waals surface area contributed by atoms with Crippen molar-refractivity contribution < 1.29 is 9.59 Å². The Balaban J connectivity index is 1.71. The summed E-state index contributed by atoms with van der Waals surface area (Å²) in [5.74, 6) is -0.00919. The summed E-state index contributed by atoms with van der Waals surface area (Å²) in [7, 11) is 0. The van der Waals surface area contributed by atoms with E-state index in [1.165, 1.54) is 0 Å². The number of likely N-dealkylation sites (tertiary alicyclic amines) is 1. The molecule has 1 fully saturated rings. The van der Waals surface area contributed by atoms with Gasteiger partial charge in [0.15, 0.2) is 0 Å². The number of carbonyl (C=O) groups is 2. The van der Waals surface area contributed by atoms with Crippen LogP contribution in [-0.4, -0.2) is 39.1 Å². The van der Waals surface area contributed by atoms with Crippen LogP contribution in [0.5, 0.6) is 0 Å². The summed E-state index contributed by atoms with van der Waals surface area (Å²) >= 11 is 0. The van der Waals surface area contributed by atoms with Crippen molar-refractivity contribution in [1.82, 2.24) is 20.0 Å². The third-order valence-corrected chi connectivity index (χ3v) is 4.67. The van der Waals surface area contributed by atoms with E-state index in [0.717, 1.165) is 17.7 Å². The lowest BCUT2D eigenvalue weighted by atomic mass is 10.1. The van der Waals surface area contributed by atoms with Crippen LogP contribution in [-0.2, 0) is 9.59 Å². The fourth-order valence-electron chi connectivity index (χ4n) is 3.30.